The van der Waals surface area contributed by atoms with Gasteiger partial charge in [0, 0.05) is 28.7 Å². The first-order valence-electron chi connectivity index (χ1n) is 7.04. The van der Waals surface area contributed by atoms with Crippen LogP contribution < -0.4 is 11.5 Å². The van der Waals surface area contributed by atoms with Gasteiger partial charge in [0.25, 0.3) is 0 Å². The molecule has 0 bridgehead atoms. The fourth-order valence-corrected chi connectivity index (χ4v) is 2.51. The van der Waals surface area contributed by atoms with Crippen LogP contribution in [0, 0.1) is 0 Å². The average molecular weight is 303 g/mol. The van der Waals surface area contributed by atoms with E-state index in [4.69, 9.17) is 15.9 Å². The van der Waals surface area contributed by atoms with Crippen molar-refractivity contribution in [1.29, 1.82) is 0 Å². The molecular weight excluding hydrogens is 290 g/mol. The zero-order valence-corrected chi connectivity index (χ0v) is 12.1. The highest BCUT2D eigenvalue weighted by molar-refractivity contribution is 5.96. The number of aromatic nitrogens is 3. The number of anilines is 2. The Morgan fingerprint density at radius 3 is 2.30 bits per heavy atom. The first kappa shape index (κ1) is 13.3. The molecular formula is C17H13N5O. The largest absolute Gasteiger partial charge is 0.461 e. The van der Waals surface area contributed by atoms with Crippen LogP contribution in [0.2, 0.25) is 0 Å². The molecule has 0 fully saturated rings. The van der Waals surface area contributed by atoms with E-state index in [0.717, 1.165) is 16.3 Å². The lowest BCUT2D eigenvalue weighted by Gasteiger charge is -2.09. The number of rotatable bonds is 2. The maximum Gasteiger partial charge on any atom is 0.167 e. The van der Waals surface area contributed by atoms with Crippen LogP contribution in [0.3, 0.4) is 0 Å². The number of nitrogen functional groups attached to an aromatic ring is 2. The summed E-state index contributed by atoms with van der Waals surface area (Å²) in [4.78, 5) is 12.9. The van der Waals surface area contributed by atoms with E-state index in [2.05, 4.69) is 15.0 Å². The number of pyridine rings is 1. The number of nitrogens with zero attached hydrogens (tertiary/aromatic N) is 3. The Hall–Kier alpha value is -3.41. The predicted octanol–water partition coefficient (Wildman–Crippen LogP) is 3.12. The van der Waals surface area contributed by atoms with Gasteiger partial charge in [-0.25, -0.2) is 9.97 Å². The van der Waals surface area contributed by atoms with E-state index in [1.807, 2.05) is 36.4 Å². The molecule has 0 aliphatic carbocycles. The summed E-state index contributed by atoms with van der Waals surface area (Å²) < 4.78 is 5.74. The zero-order chi connectivity index (χ0) is 15.8. The molecule has 6 heteroatoms. The minimum absolute atomic E-state index is 0.179. The van der Waals surface area contributed by atoms with E-state index >= 15 is 0 Å². The van der Waals surface area contributed by atoms with Gasteiger partial charge < -0.3 is 15.9 Å². The topological polar surface area (TPSA) is 104 Å². The smallest absolute Gasteiger partial charge is 0.167 e. The Labute approximate surface area is 131 Å². The van der Waals surface area contributed by atoms with Gasteiger partial charge in [-0.3, -0.25) is 4.98 Å². The number of fused-ring (bicyclic) bond motifs is 1. The van der Waals surface area contributed by atoms with Crippen molar-refractivity contribution in [2.75, 3.05) is 11.5 Å². The second-order valence-corrected chi connectivity index (χ2v) is 5.08. The van der Waals surface area contributed by atoms with Crippen molar-refractivity contribution < 1.29 is 4.42 Å². The molecule has 0 atom stereocenters. The van der Waals surface area contributed by atoms with E-state index in [1.54, 1.807) is 18.7 Å². The summed E-state index contributed by atoms with van der Waals surface area (Å²) in [6, 6.07) is 11.5. The molecule has 1 aromatic carbocycles. The van der Waals surface area contributed by atoms with Gasteiger partial charge in [-0.2, -0.15) is 0 Å². The van der Waals surface area contributed by atoms with Gasteiger partial charge in [-0.15, -0.1) is 0 Å². The van der Waals surface area contributed by atoms with Crippen LogP contribution in [-0.2, 0) is 0 Å². The third kappa shape index (κ3) is 2.17. The number of hydrogen-bond acceptors (Lipinski definition) is 6. The second-order valence-electron chi connectivity index (χ2n) is 5.08. The van der Waals surface area contributed by atoms with Gasteiger partial charge in [0.1, 0.15) is 11.4 Å². The SMILES string of the molecule is Nc1nc(-c2ccncc2)c(-c2occ3ccccc23)nc1N. The van der Waals surface area contributed by atoms with Gasteiger partial charge in [0.2, 0.25) is 0 Å². The number of benzene rings is 1. The Morgan fingerprint density at radius 2 is 1.52 bits per heavy atom. The zero-order valence-electron chi connectivity index (χ0n) is 12.1. The monoisotopic (exact) mass is 303 g/mol. The lowest BCUT2D eigenvalue weighted by atomic mass is 10.1. The van der Waals surface area contributed by atoms with Gasteiger partial charge in [0.05, 0.1) is 6.26 Å². The molecule has 0 radical (unpaired) electrons. The predicted molar refractivity (Wildman–Crippen MR) is 89.3 cm³/mol. The van der Waals surface area contributed by atoms with E-state index in [-0.39, 0.29) is 11.6 Å². The third-order valence-electron chi connectivity index (χ3n) is 3.63. The summed E-state index contributed by atoms with van der Waals surface area (Å²) in [5.74, 6) is 0.987. The Balaban J connectivity index is 2.03. The van der Waals surface area contributed by atoms with Crippen molar-refractivity contribution in [3.8, 4) is 22.7 Å². The average Bonchev–Trinajstić information content (AvgIpc) is 3.02. The fraction of sp³-hybridized carbons (Fsp3) is 0. The Morgan fingerprint density at radius 1 is 0.826 bits per heavy atom. The van der Waals surface area contributed by atoms with Crippen molar-refractivity contribution in [2.45, 2.75) is 0 Å². The van der Waals surface area contributed by atoms with Crippen molar-refractivity contribution in [3.63, 3.8) is 0 Å². The fourth-order valence-electron chi connectivity index (χ4n) is 2.51. The lowest BCUT2D eigenvalue weighted by Crippen LogP contribution is -2.04. The van der Waals surface area contributed by atoms with Crippen LogP contribution in [0.1, 0.15) is 0 Å². The highest BCUT2D eigenvalue weighted by atomic mass is 16.3. The van der Waals surface area contributed by atoms with Crippen molar-refractivity contribution in [3.05, 3.63) is 55.1 Å². The molecule has 4 N–H and O–H groups in total. The van der Waals surface area contributed by atoms with Gasteiger partial charge >= 0.3 is 0 Å². The summed E-state index contributed by atoms with van der Waals surface area (Å²) in [5.41, 5.74) is 13.7. The minimum atomic E-state index is 0.179. The molecule has 23 heavy (non-hydrogen) atoms. The number of nitrogens with two attached hydrogens (primary N) is 2. The molecule has 4 aromatic rings. The second kappa shape index (κ2) is 5.10. The van der Waals surface area contributed by atoms with Crippen LogP contribution >= 0.6 is 0 Å². The Bertz CT molecular complexity index is 994. The Kier molecular flexibility index (Phi) is 2.94. The summed E-state index contributed by atoms with van der Waals surface area (Å²) in [6.45, 7) is 0. The molecule has 0 saturated heterocycles. The first-order valence-corrected chi connectivity index (χ1v) is 7.04. The molecule has 0 spiro atoms. The molecule has 3 heterocycles. The summed E-state index contributed by atoms with van der Waals surface area (Å²) in [6.07, 6.45) is 5.07. The summed E-state index contributed by atoms with van der Waals surface area (Å²) >= 11 is 0. The van der Waals surface area contributed by atoms with Gasteiger partial charge in [0.15, 0.2) is 17.4 Å². The van der Waals surface area contributed by atoms with E-state index in [9.17, 15) is 0 Å². The first-order chi connectivity index (χ1) is 11.2. The maximum absolute atomic E-state index is 5.87. The summed E-state index contributed by atoms with van der Waals surface area (Å²) in [5, 5.41) is 1.93. The third-order valence-corrected chi connectivity index (χ3v) is 3.63. The molecule has 0 aliphatic heterocycles. The molecule has 0 saturated carbocycles. The molecule has 4 rings (SSSR count). The van der Waals surface area contributed by atoms with Crippen molar-refractivity contribution in [2.24, 2.45) is 0 Å². The van der Waals surface area contributed by atoms with Crippen LogP contribution in [0.4, 0.5) is 11.6 Å². The quantitative estimate of drug-likeness (QED) is 0.589. The van der Waals surface area contributed by atoms with Crippen molar-refractivity contribution >= 4 is 22.4 Å². The van der Waals surface area contributed by atoms with E-state index in [1.165, 1.54) is 0 Å². The number of furan rings is 1. The van der Waals surface area contributed by atoms with E-state index < -0.39 is 0 Å². The van der Waals surface area contributed by atoms with Crippen LogP contribution in [-0.4, -0.2) is 15.0 Å². The van der Waals surface area contributed by atoms with E-state index in [0.29, 0.717) is 17.1 Å². The molecule has 0 amide bonds. The highest BCUT2D eigenvalue weighted by Crippen LogP contribution is 2.36. The normalized spacial score (nSPS) is 11.0. The molecule has 112 valence electrons. The standard InChI is InChI=1S/C17H13N5O/c18-16-17(19)22-14(13(21-16)10-5-7-20-8-6-10)15-12-4-2-1-3-11(12)9-23-15/h1-9H,(H2,18,21)(H2,19,22). The van der Waals surface area contributed by atoms with Crippen molar-refractivity contribution in [1.82, 2.24) is 15.0 Å². The minimum Gasteiger partial charge on any atom is -0.461 e. The molecule has 0 unspecified atom stereocenters. The van der Waals surface area contributed by atoms with Gasteiger partial charge in [-0.1, -0.05) is 24.3 Å². The number of hydrogen-bond donors (Lipinski definition) is 2. The lowest BCUT2D eigenvalue weighted by molar-refractivity contribution is 0.585. The van der Waals surface area contributed by atoms with Crippen LogP contribution in [0.5, 0.6) is 0 Å². The molecule has 3 aromatic heterocycles. The van der Waals surface area contributed by atoms with Crippen LogP contribution in [0.15, 0.2) is 59.5 Å². The van der Waals surface area contributed by atoms with Gasteiger partial charge in [-0.05, 0) is 12.1 Å². The molecule has 0 aliphatic rings. The van der Waals surface area contributed by atoms with Crippen LogP contribution in [0.25, 0.3) is 33.5 Å². The maximum atomic E-state index is 5.87. The molecule has 6 nitrogen and oxygen atoms in total. The highest BCUT2D eigenvalue weighted by Gasteiger charge is 2.19. The summed E-state index contributed by atoms with van der Waals surface area (Å²) in [7, 11) is 0.